The van der Waals surface area contributed by atoms with Crippen LogP contribution in [0.2, 0.25) is 0 Å². The molecule has 0 aliphatic rings. The SMILES string of the molecule is CCc1ccccc1OCC(=O)NNC(=O)c1nnn(-c2cccc(OC)c2)c1C. The molecule has 2 N–H and O–H groups in total. The summed E-state index contributed by atoms with van der Waals surface area (Å²) >= 11 is 0. The van der Waals surface area contributed by atoms with E-state index >= 15 is 0 Å². The van der Waals surface area contributed by atoms with Gasteiger partial charge in [0.15, 0.2) is 12.3 Å². The van der Waals surface area contributed by atoms with Gasteiger partial charge in [-0.3, -0.25) is 20.4 Å². The van der Waals surface area contributed by atoms with E-state index in [0.717, 1.165) is 12.0 Å². The minimum atomic E-state index is -0.580. The average Bonchev–Trinajstić information content (AvgIpc) is 3.17. The van der Waals surface area contributed by atoms with Crippen molar-refractivity contribution in [1.82, 2.24) is 25.8 Å². The van der Waals surface area contributed by atoms with Crippen LogP contribution in [0.15, 0.2) is 48.5 Å². The Morgan fingerprint density at radius 3 is 2.67 bits per heavy atom. The largest absolute Gasteiger partial charge is 0.497 e. The van der Waals surface area contributed by atoms with E-state index in [0.29, 0.717) is 22.9 Å². The molecular weight excluding hydrogens is 386 g/mol. The molecule has 0 radical (unpaired) electrons. The van der Waals surface area contributed by atoms with Crippen molar-refractivity contribution in [1.29, 1.82) is 0 Å². The minimum absolute atomic E-state index is 0.0929. The maximum Gasteiger partial charge on any atom is 0.292 e. The summed E-state index contributed by atoms with van der Waals surface area (Å²) in [6, 6.07) is 14.7. The Hall–Kier alpha value is -3.88. The summed E-state index contributed by atoms with van der Waals surface area (Å²) in [6.45, 7) is 3.48. The van der Waals surface area contributed by atoms with Crippen molar-refractivity contribution >= 4 is 11.8 Å². The lowest BCUT2D eigenvalue weighted by atomic mass is 10.1. The van der Waals surface area contributed by atoms with Crippen LogP contribution in [-0.4, -0.2) is 40.5 Å². The minimum Gasteiger partial charge on any atom is -0.497 e. The fourth-order valence-electron chi connectivity index (χ4n) is 2.83. The van der Waals surface area contributed by atoms with E-state index in [1.165, 1.54) is 4.68 Å². The first-order chi connectivity index (χ1) is 14.5. The molecule has 3 rings (SSSR count). The van der Waals surface area contributed by atoms with Crippen molar-refractivity contribution in [3.8, 4) is 17.2 Å². The predicted molar refractivity (Wildman–Crippen MR) is 110 cm³/mol. The summed E-state index contributed by atoms with van der Waals surface area (Å²) in [5, 5.41) is 7.94. The van der Waals surface area contributed by atoms with Crippen molar-refractivity contribution < 1.29 is 19.1 Å². The highest BCUT2D eigenvalue weighted by Crippen LogP contribution is 2.19. The second-order valence-electron chi connectivity index (χ2n) is 6.39. The van der Waals surface area contributed by atoms with Crippen LogP contribution in [0.25, 0.3) is 5.69 Å². The molecule has 0 atom stereocenters. The third kappa shape index (κ3) is 4.75. The highest BCUT2D eigenvalue weighted by Gasteiger charge is 2.18. The van der Waals surface area contributed by atoms with E-state index in [9.17, 15) is 9.59 Å². The molecule has 30 heavy (non-hydrogen) atoms. The van der Waals surface area contributed by atoms with Gasteiger partial charge in [0.25, 0.3) is 11.8 Å². The normalized spacial score (nSPS) is 10.4. The number of rotatable bonds is 7. The van der Waals surface area contributed by atoms with Gasteiger partial charge >= 0.3 is 0 Å². The van der Waals surface area contributed by atoms with Gasteiger partial charge in [-0.1, -0.05) is 36.4 Å². The number of benzene rings is 2. The van der Waals surface area contributed by atoms with Gasteiger partial charge in [-0.15, -0.1) is 5.10 Å². The highest BCUT2D eigenvalue weighted by molar-refractivity contribution is 5.94. The molecule has 0 aliphatic heterocycles. The molecule has 9 nitrogen and oxygen atoms in total. The topological polar surface area (TPSA) is 107 Å². The second-order valence-corrected chi connectivity index (χ2v) is 6.39. The number of carbonyl (C=O) groups excluding carboxylic acids is 2. The summed E-state index contributed by atoms with van der Waals surface area (Å²) < 4.78 is 12.3. The number of aromatic nitrogens is 3. The van der Waals surface area contributed by atoms with Crippen LogP contribution in [0.3, 0.4) is 0 Å². The maximum absolute atomic E-state index is 12.4. The number of hydrazine groups is 1. The van der Waals surface area contributed by atoms with Crippen molar-refractivity contribution in [2.75, 3.05) is 13.7 Å². The van der Waals surface area contributed by atoms with Crippen LogP contribution in [0.1, 0.15) is 28.7 Å². The number of nitrogens with zero attached hydrogens (tertiary/aromatic N) is 3. The van der Waals surface area contributed by atoms with Crippen LogP contribution in [-0.2, 0) is 11.2 Å². The van der Waals surface area contributed by atoms with Gasteiger partial charge in [0.05, 0.1) is 18.5 Å². The molecule has 156 valence electrons. The Morgan fingerprint density at radius 2 is 1.90 bits per heavy atom. The van der Waals surface area contributed by atoms with E-state index in [1.54, 1.807) is 32.2 Å². The van der Waals surface area contributed by atoms with Gasteiger partial charge in [-0.2, -0.15) is 0 Å². The summed E-state index contributed by atoms with van der Waals surface area (Å²) in [5.41, 5.74) is 6.96. The van der Waals surface area contributed by atoms with E-state index in [4.69, 9.17) is 9.47 Å². The fourth-order valence-corrected chi connectivity index (χ4v) is 2.83. The Bertz CT molecular complexity index is 1050. The second kappa shape index (κ2) is 9.55. The van der Waals surface area contributed by atoms with Crippen LogP contribution < -0.4 is 20.3 Å². The molecule has 1 heterocycles. The zero-order valence-corrected chi connectivity index (χ0v) is 17.0. The Morgan fingerprint density at radius 1 is 1.10 bits per heavy atom. The highest BCUT2D eigenvalue weighted by atomic mass is 16.5. The molecule has 0 saturated heterocycles. The molecule has 9 heteroatoms. The quantitative estimate of drug-likeness (QED) is 0.578. The molecule has 2 aromatic carbocycles. The van der Waals surface area contributed by atoms with E-state index < -0.39 is 11.8 Å². The van der Waals surface area contributed by atoms with Crippen molar-refractivity contribution in [3.05, 3.63) is 65.5 Å². The first-order valence-electron chi connectivity index (χ1n) is 9.40. The van der Waals surface area contributed by atoms with Crippen molar-refractivity contribution in [3.63, 3.8) is 0 Å². The Labute approximate surface area is 174 Å². The Balaban J connectivity index is 1.58. The van der Waals surface area contributed by atoms with Gasteiger partial charge in [-0.05, 0) is 37.1 Å². The molecule has 2 amide bonds. The zero-order valence-electron chi connectivity index (χ0n) is 17.0. The smallest absolute Gasteiger partial charge is 0.292 e. The number of hydrogen-bond acceptors (Lipinski definition) is 6. The summed E-state index contributed by atoms with van der Waals surface area (Å²) in [5.74, 6) is 0.222. The van der Waals surface area contributed by atoms with Crippen LogP contribution >= 0.6 is 0 Å². The van der Waals surface area contributed by atoms with E-state index in [-0.39, 0.29) is 12.3 Å². The standard InChI is InChI=1S/C21H23N5O4/c1-4-15-8-5-6-11-18(15)30-13-19(27)22-24-21(28)20-14(2)26(25-23-20)16-9-7-10-17(12-16)29-3/h5-12H,4,13H2,1-3H3,(H,22,27)(H,24,28). The van der Waals surface area contributed by atoms with Crippen molar-refractivity contribution in [2.45, 2.75) is 20.3 Å². The van der Waals surface area contributed by atoms with Crippen LogP contribution in [0, 0.1) is 6.92 Å². The average molecular weight is 409 g/mol. The number of nitrogens with one attached hydrogen (secondary N) is 2. The maximum atomic E-state index is 12.4. The third-order valence-electron chi connectivity index (χ3n) is 4.44. The number of ether oxygens (including phenoxy) is 2. The fraction of sp³-hybridized carbons (Fsp3) is 0.238. The molecule has 0 spiro atoms. The van der Waals surface area contributed by atoms with E-state index in [2.05, 4.69) is 21.2 Å². The molecule has 0 saturated carbocycles. The molecule has 1 aromatic heterocycles. The summed E-state index contributed by atoms with van der Waals surface area (Å²) in [7, 11) is 1.57. The molecular formula is C21H23N5O4. The third-order valence-corrected chi connectivity index (χ3v) is 4.44. The molecule has 0 bridgehead atoms. The number of hydrogen-bond donors (Lipinski definition) is 2. The first kappa shape index (κ1) is 20.8. The zero-order chi connectivity index (χ0) is 21.5. The van der Waals surface area contributed by atoms with Crippen molar-refractivity contribution in [2.24, 2.45) is 0 Å². The number of carbonyl (C=O) groups is 2. The van der Waals surface area contributed by atoms with Gasteiger partial charge in [0, 0.05) is 6.07 Å². The van der Waals surface area contributed by atoms with E-state index in [1.807, 2.05) is 37.3 Å². The van der Waals surface area contributed by atoms with Crippen LogP contribution in [0.4, 0.5) is 0 Å². The lowest BCUT2D eigenvalue weighted by molar-refractivity contribution is -0.123. The number of amides is 2. The summed E-state index contributed by atoms with van der Waals surface area (Å²) in [4.78, 5) is 24.4. The van der Waals surface area contributed by atoms with Crippen LogP contribution in [0.5, 0.6) is 11.5 Å². The molecule has 3 aromatic rings. The summed E-state index contributed by atoms with van der Waals surface area (Å²) in [6.07, 6.45) is 0.788. The molecule has 0 aliphatic carbocycles. The lowest BCUT2D eigenvalue weighted by Crippen LogP contribution is -2.44. The predicted octanol–water partition coefficient (Wildman–Crippen LogP) is 1.99. The first-order valence-corrected chi connectivity index (χ1v) is 9.40. The van der Waals surface area contributed by atoms with Gasteiger partial charge in [-0.25, -0.2) is 4.68 Å². The Kier molecular flexibility index (Phi) is 6.63. The number of aryl methyl sites for hydroxylation is 1. The monoisotopic (exact) mass is 409 g/mol. The number of para-hydroxylation sites is 1. The molecule has 0 fully saturated rings. The molecule has 0 unspecified atom stereocenters. The van der Waals surface area contributed by atoms with Gasteiger partial charge in [0.1, 0.15) is 11.5 Å². The van der Waals surface area contributed by atoms with Gasteiger partial charge < -0.3 is 9.47 Å². The lowest BCUT2D eigenvalue weighted by Gasteiger charge is -2.11. The van der Waals surface area contributed by atoms with Gasteiger partial charge in [0.2, 0.25) is 0 Å². The number of methoxy groups -OCH3 is 1.